The highest BCUT2D eigenvalue weighted by Gasteiger charge is 2.29. The van der Waals surface area contributed by atoms with E-state index in [1.54, 1.807) is 11.3 Å². The third-order valence-electron chi connectivity index (χ3n) is 4.98. The molecule has 6 heteroatoms. The van der Waals surface area contributed by atoms with E-state index >= 15 is 0 Å². The lowest BCUT2D eigenvalue weighted by Gasteiger charge is -2.04. The predicted molar refractivity (Wildman–Crippen MR) is 92.5 cm³/mol. The molecule has 0 aliphatic heterocycles. The van der Waals surface area contributed by atoms with Gasteiger partial charge in [-0.3, -0.25) is 4.79 Å². The van der Waals surface area contributed by atoms with Crippen molar-refractivity contribution in [1.29, 1.82) is 0 Å². The van der Waals surface area contributed by atoms with Crippen molar-refractivity contribution in [1.82, 2.24) is 15.5 Å². The Kier molecular flexibility index (Phi) is 4.65. The summed E-state index contributed by atoms with van der Waals surface area (Å²) in [6.07, 6.45) is 9.55. The molecule has 24 heavy (non-hydrogen) atoms. The quantitative estimate of drug-likeness (QED) is 0.825. The van der Waals surface area contributed by atoms with Gasteiger partial charge >= 0.3 is 0 Å². The van der Waals surface area contributed by atoms with E-state index < -0.39 is 0 Å². The number of amides is 1. The molecule has 0 bridgehead atoms. The Morgan fingerprint density at radius 3 is 2.88 bits per heavy atom. The van der Waals surface area contributed by atoms with Crippen LogP contribution in [0, 0.1) is 11.8 Å². The van der Waals surface area contributed by atoms with Gasteiger partial charge in [-0.2, -0.15) is 4.98 Å². The molecule has 2 aromatic heterocycles. The monoisotopic (exact) mass is 345 g/mol. The second kappa shape index (κ2) is 7.05. The van der Waals surface area contributed by atoms with Gasteiger partial charge in [0.25, 0.3) is 0 Å². The summed E-state index contributed by atoms with van der Waals surface area (Å²) in [5.74, 6) is 2.68. The first kappa shape index (κ1) is 15.8. The second-order valence-corrected chi connectivity index (χ2v) is 8.13. The van der Waals surface area contributed by atoms with Crippen LogP contribution < -0.4 is 5.32 Å². The van der Waals surface area contributed by atoms with E-state index in [0.717, 1.165) is 47.2 Å². The molecule has 2 aliphatic carbocycles. The molecular formula is C18H23N3O2S. The summed E-state index contributed by atoms with van der Waals surface area (Å²) in [4.78, 5) is 18.4. The highest BCUT2D eigenvalue weighted by Crippen LogP contribution is 2.31. The molecule has 1 amide bonds. The van der Waals surface area contributed by atoms with Crippen LogP contribution in [0.4, 0.5) is 0 Å². The molecule has 1 N–H and O–H groups in total. The van der Waals surface area contributed by atoms with Crippen molar-refractivity contribution in [3.63, 3.8) is 0 Å². The smallest absolute Gasteiger partial charge is 0.226 e. The highest BCUT2D eigenvalue weighted by molar-refractivity contribution is 7.15. The van der Waals surface area contributed by atoms with Gasteiger partial charge in [0.1, 0.15) is 0 Å². The molecule has 2 aromatic rings. The summed E-state index contributed by atoms with van der Waals surface area (Å²) < 4.78 is 5.40. The molecular weight excluding hydrogens is 322 g/mol. The minimum atomic E-state index is 0.179. The first-order valence-corrected chi connectivity index (χ1v) is 9.79. The van der Waals surface area contributed by atoms with Crippen molar-refractivity contribution in [2.24, 2.45) is 11.8 Å². The molecule has 0 unspecified atom stereocenters. The number of carbonyl (C=O) groups is 1. The minimum Gasteiger partial charge on any atom is -0.351 e. The summed E-state index contributed by atoms with van der Waals surface area (Å²) in [5, 5.41) is 7.11. The fraction of sp³-hybridized carbons (Fsp3) is 0.611. The predicted octanol–water partition coefficient (Wildman–Crippen LogP) is 3.95. The lowest BCUT2D eigenvalue weighted by Crippen LogP contribution is -2.23. The Labute approximate surface area is 145 Å². The number of aromatic nitrogens is 2. The van der Waals surface area contributed by atoms with Crippen LogP contribution in [0.1, 0.15) is 55.7 Å². The van der Waals surface area contributed by atoms with E-state index in [0.29, 0.717) is 12.4 Å². The normalized spacial score (nSPS) is 18.2. The molecule has 2 aliphatic rings. The van der Waals surface area contributed by atoms with Gasteiger partial charge in [-0.25, -0.2) is 0 Å². The third-order valence-corrected chi connectivity index (χ3v) is 6.06. The zero-order valence-electron chi connectivity index (χ0n) is 13.8. The Hall–Kier alpha value is -1.69. The average Bonchev–Trinajstić information content (AvgIpc) is 3.01. The van der Waals surface area contributed by atoms with Gasteiger partial charge in [0, 0.05) is 17.2 Å². The number of rotatable bonds is 7. The van der Waals surface area contributed by atoms with Crippen LogP contribution in [0.3, 0.4) is 0 Å². The van der Waals surface area contributed by atoms with Crippen LogP contribution in [0.5, 0.6) is 0 Å². The maximum Gasteiger partial charge on any atom is 0.226 e. The lowest BCUT2D eigenvalue weighted by atomic mass is 10.0. The molecule has 2 saturated carbocycles. The van der Waals surface area contributed by atoms with Crippen molar-refractivity contribution >= 4 is 17.2 Å². The van der Waals surface area contributed by atoms with Gasteiger partial charge in [-0.05, 0) is 37.3 Å². The summed E-state index contributed by atoms with van der Waals surface area (Å²) in [7, 11) is 0. The fourth-order valence-corrected chi connectivity index (χ4v) is 4.21. The van der Waals surface area contributed by atoms with Gasteiger partial charge in [-0.1, -0.05) is 30.8 Å². The van der Waals surface area contributed by atoms with Gasteiger partial charge in [0.05, 0.1) is 11.4 Å². The molecule has 2 fully saturated rings. The number of aryl methyl sites for hydroxylation is 1. The summed E-state index contributed by atoms with van der Waals surface area (Å²) in [6, 6.07) is 4.04. The Morgan fingerprint density at radius 1 is 1.25 bits per heavy atom. The van der Waals surface area contributed by atoms with E-state index in [1.807, 2.05) is 12.1 Å². The van der Waals surface area contributed by atoms with Gasteiger partial charge in [0.2, 0.25) is 17.6 Å². The third kappa shape index (κ3) is 3.86. The lowest BCUT2D eigenvalue weighted by molar-refractivity contribution is -0.122. The van der Waals surface area contributed by atoms with Crippen LogP contribution in [-0.4, -0.2) is 16.0 Å². The van der Waals surface area contributed by atoms with Crippen LogP contribution in [-0.2, 0) is 17.8 Å². The molecule has 0 aromatic carbocycles. The molecule has 0 saturated heterocycles. The molecule has 128 valence electrons. The van der Waals surface area contributed by atoms with E-state index in [1.165, 1.54) is 25.7 Å². The number of thiophene rings is 1. The Morgan fingerprint density at radius 2 is 2.08 bits per heavy atom. The van der Waals surface area contributed by atoms with Crippen LogP contribution in [0.2, 0.25) is 0 Å². The van der Waals surface area contributed by atoms with Crippen LogP contribution in [0.15, 0.2) is 16.7 Å². The van der Waals surface area contributed by atoms with E-state index in [4.69, 9.17) is 4.52 Å². The number of hydrogen-bond donors (Lipinski definition) is 1. The maximum absolute atomic E-state index is 11.7. The first-order valence-electron chi connectivity index (χ1n) is 8.97. The first-order chi connectivity index (χ1) is 11.8. The SMILES string of the molecule is O=C(NCc1ccc(-c2noc(CCC3CCCC3)n2)s1)C1CC1. The average molecular weight is 345 g/mol. The van der Waals surface area contributed by atoms with E-state index in [-0.39, 0.29) is 11.8 Å². The largest absolute Gasteiger partial charge is 0.351 e. The van der Waals surface area contributed by atoms with Crippen molar-refractivity contribution in [3.05, 3.63) is 22.9 Å². The summed E-state index contributed by atoms with van der Waals surface area (Å²) in [5.41, 5.74) is 0. The Balaban J connectivity index is 1.31. The fourth-order valence-electron chi connectivity index (χ4n) is 3.34. The van der Waals surface area contributed by atoms with Gasteiger partial charge in [-0.15, -0.1) is 11.3 Å². The number of hydrogen-bond acceptors (Lipinski definition) is 5. The van der Waals surface area contributed by atoms with Crippen molar-refractivity contribution in [2.45, 2.75) is 57.9 Å². The molecule has 0 atom stereocenters. The van der Waals surface area contributed by atoms with Crippen molar-refractivity contribution in [3.8, 4) is 10.7 Å². The van der Waals surface area contributed by atoms with Crippen molar-refractivity contribution < 1.29 is 9.32 Å². The molecule has 2 heterocycles. The molecule has 5 nitrogen and oxygen atoms in total. The highest BCUT2D eigenvalue weighted by atomic mass is 32.1. The molecule has 4 rings (SSSR count). The minimum absolute atomic E-state index is 0.179. The van der Waals surface area contributed by atoms with Crippen LogP contribution in [0.25, 0.3) is 10.7 Å². The standard InChI is InChI=1S/C18H23N3O2S/c22-18(13-6-7-13)19-11-14-8-9-15(24-14)17-20-16(23-21-17)10-5-12-3-1-2-4-12/h8-9,12-13H,1-7,10-11H2,(H,19,22). The molecule has 0 radical (unpaired) electrons. The summed E-state index contributed by atoms with van der Waals surface area (Å²) >= 11 is 1.62. The number of nitrogens with one attached hydrogen (secondary N) is 1. The number of nitrogens with zero attached hydrogens (tertiary/aromatic N) is 2. The van der Waals surface area contributed by atoms with Gasteiger partial charge < -0.3 is 9.84 Å². The maximum atomic E-state index is 11.7. The Bertz CT molecular complexity index is 699. The summed E-state index contributed by atoms with van der Waals surface area (Å²) in [6.45, 7) is 0.590. The van der Waals surface area contributed by atoms with E-state index in [9.17, 15) is 4.79 Å². The van der Waals surface area contributed by atoms with E-state index in [2.05, 4.69) is 15.5 Å². The zero-order valence-corrected chi connectivity index (χ0v) is 14.6. The zero-order chi connectivity index (χ0) is 16.4. The van der Waals surface area contributed by atoms with Gasteiger partial charge in [0.15, 0.2) is 0 Å². The topological polar surface area (TPSA) is 68.0 Å². The molecule has 0 spiro atoms. The second-order valence-electron chi connectivity index (χ2n) is 6.96. The van der Waals surface area contributed by atoms with Crippen molar-refractivity contribution in [2.75, 3.05) is 0 Å². The number of carbonyl (C=O) groups excluding carboxylic acids is 1. The van der Waals surface area contributed by atoms with Crippen LogP contribution >= 0.6 is 11.3 Å².